The van der Waals surface area contributed by atoms with Gasteiger partial charge in [-0.25, -0.2) is 4.79 Å². The molecule has 0 aliphatic carbocycles. The van der Waals surface area contributed by atoms with E-state index in [4.69, 9.17) is 4.74 Å². The van der Waals surface area contributed by atoms with Crippen molar-refractivity contribution in [1.29, 1.82) is 0 Å². The summed E-state index contributed by atoms with van der Waals surface area (Å²) in [5.74, 6) is -0.958. The molecular formula is C13H20NO5P. The topological polar surface area (TPSA) is 84.9 Å². The number of amides is 1. The summed E-state index contributed by atoms with van der Waals surface area (Å²) < 4.78 is 21.3. The van der Waals surface area contributed by atoms with Crippen LogP contribution in [0.1, 0.15) is 25.3 Å². The summed E-state index contributed by atoms with van der Waals surface area (Å²) in [4.78, 5) is 21.3. The highest BCUT2D eigenvalue weighted by Gasteiger charge is 2.32. The van der Waals surface area contributed by atoms with Crippen molar-refractivity contribution in [3.05, 3.63) is 35.9 Å². The minimum Gasteiger partial charge on any atom is -0.445 e. The summed E-state index contributed by atoms with van der Waals surface area (Å²) in [6.07, 6.45) is 0.234. The Morgan fingerprint density at radius 2 is 2.05 bits per heavy atom. The van der Waals surface area contributed by atoms with Crippen LogP contribution in [0.2, 0.25) is 0 Å². The van der Waals surface area contributed by atoms with Gasteiger partial charge < -0.3 is 19.5 Å². The van der Waals surface area contributed by atoms with Crippen LogP contribution in [0, 0.1) is 0 Å². The van der Waals surface area contributed by atoms with Gasteiger partial charge in [0.05, 0.1) is 0 Å². The average molecular weight is 301 g/mol. The normalized spacial score (nSPS) is 15.2. The van der Waals surface area contributed by atoms with Crippen LogP contribution in [-0.4, -0.2) is 23.9 Å². The van der Waals surface area contributed by atoms with Gasteiger partial charge in [0, 0.05) is 7.11 Å². The van der Waals surface area contributed by atoms with Crippen molar-refractivity contribution in [3.8, 4) is 0 Å². The Labute approximate surface area is 118 Å². The van der Waals surface area contributed by atoms with Crippen molar-refractivity contribution < 1.29 is 23.5 Å². The van der Waals surface area contributed by atoms with Gasteiger partial charge in [0.25, 0.3) is 0 Å². The van der Waals surface area contributed by atoms with Gasteiger partial charge in [0.2, 0.25) is 0 Å². The largest absolute Gasteiger partial charge is 0.445 e. The number of nitrogens with one attached hydrogen (secondary N) is 1. The van der Waals surface area contributed by atoms with Crippen LogP contribution in [0.3, 0.4) is 0 Å². The molecule has 0 aromatic heterocycles. The van der Waals surface area contributed by atoms with E-state index >= 15 is 0 Å². The number of benzene rings is 1. The van der Waals surface area contributed by atoms with E-state index in [0.29, 0.717) is 12.8 Å². The summed E-state index contributed by atoms with van der Waals surface area (Å²) in [6, 6.07) is 9.18. The lowest BCUT2D eigenvalue weighted by Gasteiger charge is -2.21. The molecule has 112 valence electrons. The number of hydrogen-bond donors (Lipinski definition) is 2. The maximum atomic E-state index is 11.7. The highest BCUT2D eigenvalue weighted by molar-refractivity contribution is 7.53. The van der Waals surface area contributed by atoms with E-state index in [0.717, 1.165) is 12.7 Å². The Morgan fingerprint density at radius 1 is 1.40 bits per heavy atom. The highest BCUT2D eigenvalue weighted by atomic mass is 31.2. The number of hydrogen-bond acceptors (Lipinski definition) is 4. The van der Waals surface area contributed by atoms with Gasteiger partial charge in [-0.15, -0.1) is 0 Å². The van der Waals surface area contributed by atoms with E-state index in [9.17, 15) is 14.3 Å². The first-order chi connectivity index (χ1) is 9.49. The quantitative estimate of drug-likeness (QED) is 0.756. The maximum absolute atomic E-state index is 11.7. The summed E-state index contributed by atoms with van der Waals surface area (Å²) >= 11 is 0. The first kappa shape index (κ1) is 16.7. The van der Waals surface area contributed by atoms with Crippen LogP contribution >= 0.6 is 7.60 Å². The first-order valence-electron chi connectivity index (χ1n) is 6.35. The second-order valence-corrected chi connectivity index (χ2v) is 6.37. The maximum Gasteiger partial charge on any atom is 0.408 e. The minimum atomic E-state index is -3.86. The molecule has 0 heterocycles. The number of ether oxygens (including phenoxy) is 1. The van der Waals surface area contributed by atoms with Gasteiger partial charge in [-0.2, -0.15) is 0 Å². The second-order valence-electron chi connectivity index (χ2n) is 4.26. The lowest BCUT2D eigenvalue weighted by molar-refractivity contribution is 0.136. The van der Waals surface area contributed by atoms with E-state index in [1.54, 1.807) is 0 Å². The van der Waals surface area contributed by atoms with Crippen molar-refractivity contribution in [2.45, 2.75) is 32.2 Å². The summed E-state index contributed by atoms with van der Waals surface area (Å²) in [5.41, 5.74) is 0.841. The van der Waals surface area contributed by atoms with Crippen LogP contribution in [0.25, 0.3) is 0 Å². The fourth-order valence-electron chi connectivity index (χ4n) is 1.62. The van der Waals surface area contributed by atoms with Gasteiger partial charge in [-0.1, -0.05) is 43.7 Å². The van der Waals surface area contributed by atoms with E-state index in [1.807, 2.05) is 37.3 Å². The van der Waals surface area contributed by atoms with Gasteiger partial charge in [-0.05, 0) is 12.0 Å². The highest BCUT2D eigenvalue weighted by Crippen LogP contribution is 2.47. The van der Waals surface area contributed by atoms with Crippen LogP contribution in [-0.2, 0) is 20.4 Å². The van der Waals surface area contributed by atoms with Crippen LogP contribution in [0.4, 0.5) is 4.79 Å². The Morgan fingerprint density at radius 3 is 2.60 bits per heavy atom. The third kappa shape index (κ3) is 5.33. The minimum absolute atomic E-state index is 0.105. The smallest absolute Gasteiger partial charge is 0.408 e. The molecule has 7 heteroatoms. The molecule has 2 atom stereocenters. The number of alkyl carbamates (subject to hydrolysis) is 1. The predicted molar refractivity (Wildman–Crippen MR) is 75.3 cm³/mol. The Balaban J connectivity index is 2.52. The zero-order valence-electron chi connectivity index (χ0n) is 11.6. The lowest BCUT2D eigenvalue weighted by Crippen LogP contribution is -2.35. The van der Waals surface area contributed by atoms with E-state index in [2.05, 4.69) is 9.84 Å². The van der Waals surface area contributed by atoms with E-state index in [-0.39, 0.29) is 6.61 Å². The number of carbonyl (C=O) groups is 1. The van der Waals surface area contributed by atoms with Crippen molar-refractivity contribution in [1.82, 2.24) is 5.32 Å². The summed E-state index contributed by atoms with van der Waals surface area (Å²) in [5, 5.41) is 2.38. The van der Waals surface area contributed by atoms with Gasteiger partial charge in [0.15, 0.2) is 0 Å². The molecule has 0 radical (unpaired) electrons. The number of rotatable bonds is 7. The fraction of sp³-hybridized carbons (Fsp3) is 0.462. The molecule has 0 aliphatic heterocycles. The summed E-state index contributed by atoms with van der Waals surface area (Å²) in [6.45, 7) is 1.95. The molecule has 0 bridgehead atoms. The van der Waals surface area contributed by atoms with Gasteiger partial charge in [-0.3, -0.25) is 4.57 Å². The van der Waals surface area contributed by atoms with E-state index in [1.165, 1.54) is 0 Å². The van der Waals surface area contributed by atoms with Crippen LogP contribution < -0.4 is 5.32 Å². The van der Waals surface area contributed by atoms with E-state index < -0.39 is 19.5 Å². The SMILES string of the molecule is CCCC(NC(=O)OCc1ccccc1)P(=O)(O)OC. The fourth-order valence-corrected chi connectivity index (χ4v) is 2.73. The van der Waals surface area contributed by atoms with Crippen molar-refractivity contribution in [2.24, 2.45) is 0 Å². The third-order valence-corrected chi connectivity index (χ3v) is 4.41. The van der Waals surface area contributed by atoms with Crippen LogP contribution in [0.15, 0.2) is 30.3 Å². The molecule has 1 amide bonds. The monoisotopic (exact) mass is 301 g/mol. The molecule has 6 nitrogen and oxygen atoms in total. The Kier molecular flexibility index (Phi) is 6.71. The molecule has 20 heavy (non-hydrogen) atoms. The van der Waals surface area contributed by atoms with Crippen molar-refractivity contribution in [3.63, 3.8) is 0 Å². The first-order valence-corrected chi connectivity index (χ1v) is 7.99. The molecule has 1 aromatic rings. The molecular weight excluding hydrogens is 281 g/mol. The zero-order valence-corrected chi connectivity index (χ0v) is 12.5. The second kappa shape index (κ2) is 8.04. The van der Waals surface area contributed by atoms with Crippen LogP contribution in [0.5, 0.6) is 0 Å². The molecule has 1 aromatic carbocycles. The standard InChI is InChI=1S/C13H20NO5P/c1-3-7-12(20(16,17)18-2)14-13(15)19-10-11-8-5-4-6-9-11/h4-6,8-9,12H,3,7,10H2,1-2H3,(H,14,15)(H,16,17). The molecule has 0 aliphatic rings. The van der Waals surface area contributed by atoms with Crippen molar-refractivity contribution >= 4 is 13.7 Å². The molecule has 0 spiro atoms. The molecule has 0 saturated heterocycles. The lowest BCUT2D eigenvalue weighted by atomic mass is 10.2. The molecule has 2 N–H and O–H groups in total. The predicted octanol–water partition coefficient (Wildman–Crippen LogP) is 2.87. The summed E-state index contributed by atoms with van der Waals surface area (Å²) in [7, 11) is -2.72. The molecule has 0 fully saturated rings. The molecule has 0 saturated carbocycles. The van der Waals surface area contributed by atoms with Crippen molar-refractivity contribution in [2.75, 3.05) is 7.11 Å². The molecule has 1 rings (SSSR count). The third-order valence-electron chi connectivity index (χ3n) is 2.71. The Bertz CT molecular complexity index is 465. The Hall–Kier alpha value is -1.36. The van der Waals surface area contributed by atoms with Gasteiger partial charge >= 0.3 is 13.7 Å². The number of carbonyl (C=O) groups excluding carboxylic acids is 1. The zero-order chi connectivity index (χ0) is 15.0. The van der Waals surface area contributed by atoms with Gasteiger partial charge in [0.1, 0.15) is 12.4 Å². The average Bonchev–Trinajstić information content (AvgIpc) is 2.46. The molecule has 2 unspecified atom stereocenters.